The number of carboxylic acid groups (broad SMARTS) is 1. The molecule has 0 saturated heterocycles. The van der Waals surface area contributed by atoms with Crippen LogP contribution in [-0.2, 0) is 17.8 Å². The molecule has 1 aromatic carbocycles. The van der Waals surface area contributed by atoms with E-state index < -0.39 is 17.4 Å². The van der Waals surface area contributed by atoms with Gasteiger partial charge in [-0.15, -0.1) is 0 Å². The number of aliphatic carboxylic acids is 1. The van der Waals surface area contributed by atoms with E-state index in [1.807, 2.05) is 0 Å². The summed E-state index contributed by atoms with van der Waals surface area (Å²) in [6.07, 6.45) is 3.77. The van der Waals surface area contributed by atoms with Gasteiger partial charge in [0, 0.05) is 25.6 Å². The molecule has 3 rings (SSSR count). The maximum absolute atomic E-state index is 12.7. The molecule has 0 aliphatic carbocycles. The van der Waals surface area contributed by atoms with E-state index in [9.17, 15) is 19.5 Å². The number of carbonyl (C=O) groups excluding carboxylic acids is 1. The Hall–Kier alpha value is -2.70. The van der Waals surface area contributed by atoms with Crippen molar-refractivity contribution in [1.82, 2.24) is 14.5 Å². The number of aromatic nitrogens is 2. The average molecular weight is 357 g/mol. The van der Waals surface area contributed by atoms with Crippen LogP contribution in [0.1, 0.15) is 49.3 Å². The molecule has 0 saturated carbocycles. The average Bonchev–Trinajstić information content (AvgIpc) is 2.85. The fourth-order valence-corrected chi connectivity index (χ4v) is 3.14. The molecule has 0 radical (unpaired) electrons. The minimum Gasteiger partial charge on any atom is -0.480 e. The number of likely N-dealkylation sites (N-methyl/N-ethyl adjacent to an activating group) is 1. The Morgan fingerprint density at radius 1 is 1.23 bits per heavy atom. The van der Waals surface area contributed by atoms with Gasteiger partial charge in [0.25, 0.3) is 11.5 Å². The van der Waals surface area contributed by atoms with Gasteiger partial charge in [0.05, 0.1) is 10.9 Å². The summed E-state index contributed by atoms with van der Waals surface area (Å²) in [6.45, 7) is 3.62. The van der Waals surface area contributed by atoms with E-state index in [-0.39, 0.29) is 5.56 Å². The van der Waals surface area contributed by atoms with Gasteiger partial charge in [-0.05, 0) is 44.9 Å². The third-order valence-corrected chi connectivity index (χ3v) is 5.23. The van der Waals surface area contributed by atoms with E-state index >= 15 is 0 Å². The topological polar surface area (TPSA) is 92.5 Å². The Labute approximate surface area is 151 Å². The van der Waals surface area contributed by atoms with Crippen molar-refractivity contribution in [2.24, 2.45) is 0 Å². The number of nitrogens with zero attached hydrogens (tertiary/aromatic N) is 3. The van der Waals surface area contributed by atoms with Gasteiger partial charge < -0.3 is 10.0 Å². The predicted octanol–water partition coefficient (Wildman–Crippen LogP) is 2.06. The van der Waals surface area contributed by atoms with Gasteiger partial charge in [0.15, 0.2) is 0 Å². The summed E-state index contributed by atoms with van der Waals surface area (Å²) < 4.78 is 1.73. The van der Waals surface area contributed by atoms with Crippen molar-refractivity contribution in [2.45, 2.75) is 51.6 Å². The zero-order chi connectivity index (χ0) is 19.1. The maximum atomic E-state index is 12.7. The first kappa shape index (κ1) is 18.1. The van der Waals surface area contributed by atoms with Crippen molar-refractivity contribution in [1.29, 1.82) is 0 Å². The van der Waals surface area contributed by atoms with Crippen molar-refractivity contribution in [3.63, 3.8) is 0 Å². The number of aryl methyl sites for hydroxylation is 1. The second kappa shape index (κ2) is 6.55. The molecule has 2 heterocycles. The molecule has 0 fully saturated rings. The summed E-state index contributed by atoms with van der Waals surface area (Å²) >= 11 is 0. The quantitative estimate of drug-likeness (QED) is 0.908. The zero-order valence-electron chi connectivity index (χ0n) is 15.3. The molecule has 1 aromatic heterocycles. The number of hydrogen-bond acceptors (Lipinski definition) is 4. The Bertz CT molecular complexity index is 946. The standard InChI is InChI=1S/C19H23N3O4/c1-19(2,18(25)26)21(3)16(23)12-8-9-13-14(11-12)20-15-7-5-4-6-10-22(15)17(13)24/h8-9,11H,4-7,10H2,1-3H3,(H,25,26). The fraction of sp³-hybridized carbons (Fsp3) is 0.474. The monoisotopic (exact) mass is 357 g/mol. The van der Waals surface area contributed by atoms with Crippen LogP contribution in [0.5, 0.6) is 0 Å². The number of fused-ring (bicyclic) bond motifs is 2. The third kappa shape index (κ3) is 2.98. The van der Waals surface area contributed by atoms with Gasteiger partial charge in [-0.3, -0.25) is 14.2 Å². The molecule has 1 N–H and O–H groups in total. The molecular formula is C19H23N3O4. The number of carboxylic acids is 1. The summed E-state index contributed by atoms with van der Waals surface area (Å²) in [5, 5.41) is 9.80. The van der Waals surface area contributed by atoms with Gasteiger partial charge >= 0.3 is 5.97 Å². The van der Waals surface area contributed by atoms with Crippen molar-refractivity contribution >= 4 is 22.8 Å². The van der Waals surface area contributed by atoms with Crippen LogP contribution in [0.4, 0.5) is 0 Å². The number of carbonyl (C=O) groups is 2. The summed E-state index contributed by atoms with van der Waals surface area (Å²) in [5.41, 5.74) is -0.618. The highest BCUT2D eigenvalue weighted by molar-refractivity contribution is 6.00. The zero-order valence-corrected chi connectivity index (χ0v) is 15.3. The molecule has 1 aliphatic rings. The van der Waals surface area contributed by atoms with E-state index in [1.165, 1.54) is 25.8 Å². The number of rotatable bonds is 3. The Morgan fingerprint density at radius 3 is 2.65 bits per heavy atom. The number of benzene rings is 1. The Balaban J connectivity index is 2.06. The van der Waals surface area contributed by atoms with Crippen LogP contribution in [-0.4, -0.2) is 44.0 Å². The highest BCUT2D eigenvalue weighted by Gasteiger charge is 2.35. The highest BCUT2D eigenvalue weighted by Crippen LogP contribution is 2.20. The van der Waals surface area contributed by atoms with Gasteiger partial charge in [-0.1, -0.05) is 6.42 Å². The summed E-state index contributed by atoms with van der Waals surface area (Å²) in [5.74, 6) is -0.754. The fourth-order valence-electron chi connectivity index (χ4n) is 3.14. The molecule has 7 heteroatoms. The lowest BCUT2D eigenvalue weighted by atomic mass is 10.0. The first-order chi connectivity index (χ1) is 12.2. The maximum Gasteiger partial charge on any atom is 0.329 e. The van der Waals surface area contributed by atoms with Crippen molar-refractivity contribution in [3.8, 4) is 0 Å². The summed E-state index contributed by atoms with van der Waals surface area (Å²) in [6, 6.07) is 4.75. The van der Waals surface area contributed by atoms with Crippen molar-refractivity contribution < 1.29 is 14.7 Å². The summed E-state index contributed by atoms with van der Waals surface area (Å²) in [7, 11) is 1.46. The molecule has 0 atom stereocenters. The highest BCUT2D eigenvalue weighted by atomic mass is 16.4. The molecule has 0 spiro atoms. The van der Waals surface area contributed by atoms with Crippen molar-refractivity contribution in [2.75, 3.05) is 7.05 Å². The molecule has 138 valence electrons. The molecule has 26 heavy (non-hydrogen) atoms. The van der Waals surface area contributed by atoms with E-state index in [0.29, 0.717) is 23.0 Å². The second-order valence-corrected chi connectivity index (χ2v) is 7.26. The van der Waals surface area contributed by atoms with Crippen LogP contribution >= 0.6 is 0 Å². The first-order valence-corrected chi connectivity index (χ1v) is 8.78. The van der Waals surface area contributed by atoms with Crippen LogP contribution in [0.3, 0.4) is 0 Å². The van der Waals surface area contributed by atoms with Gasteiger partial charge in [0.2, 0.25) is 0 Å². The Kier molecular flexibility index (Phi) is 4.56. The van der Waals surface area contributed by atoms with Crippen molar-refractivity contribution in [3.05, 3.63) is 39.9 Å². The van der Waals surface area contributed by atoms with Gasteiger partial charge in [-0.2, -0.15) is 0 Å². The molecule has 1 aliphatic heterocycles. The lowest BCUT2D eigenvalue weighted by molar-refractivity contribution is -0.147. The van der Waals surface area contributed by atoms with Crippen LogP contribution < -0.4 is 5.56 Å². The van der Waals surface area contributed by atoms with Crippen LogP contribution in [0.25, 0.3) is 10.9 Å². The summed E-state index contributed by atoms with van der Waals surface area (Å²) in [4.78, 5) is 42.7. The minimum absolute atomic E-state index is 0.0786. The van der Waals surface area contributed by atoms with Crippen LogP contribution in [0, 0.1) is 0 Å². The molecule has 2 aromatic rings. The molecule has 7 nitrogen and oxygen atoms in total. The first-order valence-electron chi connectivity index (χ1n) is 8.78. The smallest absolute Gasteiger partial charge is 0.329 e. The van der Waals surface area contributed by atoms with Crippen LogP contribution in [0.15, 0.2) is 23.0 Å². The lowest BCUT2D eigenvalue weighted by Crippen LogP contribution is -2.50. The normalized spacial score (nSPS) is 14.6. The molecule has 1 amide bonds. The van der Waals surface area contributed by atoms with E-state index in [1.54, 1.807) is 22.8 Å². The Morgan fingerprint density at radius 2 is 1.96 bits per heavy atom. The predicted molar refractivity (Wildman–Crippen MR) is 97.4 cm³/mol. The van der Waals surface area contributed by atoms with E-state index in [2.05, 4.69) is 4.98 Å². The number of amides is 1. The lowest BCUT2D eigenvalue weighted by Gasteiger charge is -2.31. The minimum atomic E-state index is -1.34. The van der Waals surface area contributed by atoms with E-state index in [0.717, 1.165) is 31.5 Å². The molecular weight excluding hydrogens is 334 g/mol. The van der Waals surface area contributed by atoms with E-state index in [4.69, 9.17) is 0 Å². The largest absolute Gasteiger partial charge is 0.480 e. The SMILES string of the molecule is CN(C(=O)c1ccc2c(=O)n3c(nc2c1)CCCCC3)C(C)(C)C(=O)O. The molecule has 0 bridgehead atoms. The number of hydrogen-bond donors (Lipinski definition) is 1. The molecule has 0 unspecified atom stereocenters. The van der Waals surface area contributed by atoms with Gasteiger partial charge in [-0.25, -0.2) is 9.78 Å². The second-order valence-electron chi connectivity index (χ2n) is 7.26. The van der Waals surface area contributed by atoms with Crippen LogP contribution in [0.2, 0.25) is 0 Å². The van der Waals surface area contributed by atoms with Gasteiger partial charge in [0.1, 0.15) is 11.4 Å². The third-order valence-electron chi connectivity index (χ3n) is 5.23.